The van der Waals surface area contributed by atoms with Gasteiger partial charge >= 0.3 is 21.1 Å². The minimum absolute atomic E-state index is 0. The fraction of sp³-hybridized carbons (Fsp3) is 0.400. The first-order valence-electron chi connectivity index (χ1n) is 10.4. The van der Waals surface area contributed by atoms with E-state index in [1.165, 1.54) is 0 Å². The zero-order valence-electron chi connectivity index (χ0n) is 19.4. The van der Waals surface area contributed by atoms with Crippen molar-refractivity contribution in [2.24, 2.45) is 0 Å². The van der Waals surface area contributed by atoms with Crippen molar-refractivity contribution < 1.29 is 40.4 Å². The van der Waals surface area contributed by atoms with Crippen molar-refractivity contribution in [3.63, 3.8) is 0 Å². The van der Waals surface area contributed by atoms with Crippen molar-refractivity contribution in [3.8, 4) is 0 Å². The van der Waals surface area contributed by atoms with E-state index in [0.29, 0.717) is 0 Å². The van der Waals surface area contributed by atoms with Gasteiger partial charge < -0.3 is 119 Å². The number of thiocarbonyl (C=S) groups is 4. The third-order valence-electron chi connectivity index (χ3n) is 3.92. The number of nitrogens with zero attached hydrogens (tertiary/aromatic N) is 4. The van der Waals surface area contributed by atoms with Gasteiger partial charge in [0.1, 0.15) is 0 Å². The smallest absolute Gasteiger partial charge is 0.401 e. The molecule has 8 nitrogen and oxygen atoms in total. The molecule has 37 heavy (non-hydrogen) atoms. The first kappa shape index (κ1) is 36.3. The molecular formula is C20H24MoN4O4S8. The molecule has 0 aromatic heterocycles. The molecule has 0 atom stereocenters. The van der Waals surface area contributed by atoms with E-state index in [1.54, 1.807) is 20.3 Å². The van der Waals surface area contributed by atoms with Crippen LogP contribution >= 0.6 is 48.9 Å². The van der Waals surface area contributed by atoms with Crippen molar-refractivity contribution in [1.29, 1.82) is 0 Å². The van der Waals surface area contributed by atoms with Crippen LogP contribution in [0, 0.1) is 0 Å². The molecule has 202 valence electrons. The van der Waals surface area contributed by atoms with Crippen LogP contribution in [0.15, 0.2) is 49.1 Å². The second kappa shape index (κ2) is 22.1. The van der Waals surface area contributed by atoms with Gasteiger partial charge in [0.15, 0.2) is 0 Å². The van der Waals surface area contributed by atoms with Crippen molar-refractivity contribution in [2.75, 3.05) is 26.2 Å². The number of hydrogen-bond donors (Lipinski definition) is 0. The van der Waals surface area contributed by atoms with Crippen LogP contribution in [0.3, 0.4) is 0 Å². The fourth-order valence-electron chi connectivity index (χ4n) is 2.56. The van der Waals surface area contributed by atoms with Gasteiger partial charge in [-0.3, -0.25) is 0 Å². The Morgan fingerprint density at radius 3 is 0.757 bits per heavy atom. The van der Waals surface area contributed by atoms with Crippen molar-refractivity contribution >= 4 is 117 Å². The molecule has 0 fully saturated rings. The van der Waals surface area contributed by atoms with E-state index in [2.05, 4.69) is 99.4 Å². The molecule has 0 radical (unpaired) electrons. The van der Waals surface area contributed by atoms with Crippen molar-refractivity contribution in [3.05, 3.63) is 49.1 Å². The Bertz CT molecular complexity index is 726. The van der Waals surface area contributed by atoms with Crippen LogP contribution in [0.1, 0.15) is 25.7 Å². The van der Waals surface area contributed by atoms with E-state index in [4.69, 9.17) is 19.4 Å². The summed E-state index contributed by atoms with van der Waals surface area (Å²) in [6.07, 6.45) is 19.4. The minimum Gasteiger partial charge on any atom is -0.401 e. The molecule has 0 bridgehead atoms. The van der Waals surface area contributed by atoms with Crippen LogP contribution in [0.25, 0.3) is 0 Å². The van der Waals surface area contributed by atoms with E-state index in [-0.39, 0.29) is 38.6 Å². The first-order chi connectivity index (χ1) is 17.2. The Hall–Kier alpha value is -0.712. The summed E-state index contributed by atoms with van der Waals surface area (Å²) in [5.74, 6) is 0. The largest absolute Gasteiger partial charge is 4.00 e. The third-order valence-corrected chi connectivity index (χ3v) is 4.51. The Labute approximate surface area is 276 Å². The maximum Gasteiger partial charge on any atom is 4.00 e. The molecule has 4 aliphatic heterocycles. The summed E-state index contributed by atoms with van der Waals surface area (Å²) in [5.41, 5.74) is 0. The van der Waals surface area contributed by atoms with Gasteiger partial charge in [-0.25, -0.2) is 20.3 Å². The van der Waals surface area contributed by atoms with E-state index < -0.39 is 0 Å². The Morgan fingerprint density at radius 1 is 0.459 bits per heavy atom. The van der Waals surface area contributed by atoms with Gasteiger partial charge in [0.05, 0.1) is 43.7 Å². The zero-order valence-corrected chi connectivity index (χ0v) is 27.9. The average Bonchev–Trinajstić information content (AvgIpc) is 3.58. The van der Waals surface area contributed by atoms with Gasteiger partial charge in [0.2, 0.25) is 0 Å². The molecule has 0 saturated heterocycles. The summed E-state index contributed by atoms with van der Waals surface area (Å²) >= 11 is 36.4. The molecule has 0 unspecified atom stereocenters. The summed E-state index contributed by atoms with van der Waals surface area (Å²) in [5, 5.41) is 6.54. The van der Waals surface area contributed by atoms with Gasteiger partial charge in [-0.15, -0.1) is 0 Å². The normalized spacial score (nSPS) is 15.8. The predicted octanol–water partition coefficient (Wildman–Crippen LogP) is 3.87. The number of hydroxylamine groups is 8. The van der Waals surface area contributed by atoms with Crippen LogP contribution in [0.2, 0.25) is 0 Å². The molecule has 0 spiro atoms. The Balaban J connectivity index is 0.000000463. The van der Waals surface area contributed by atoms with Crippen LogP contribution in [-0.4, -0.2) is 64.0 Å². The molecule has 0 aromatic carbocycles. The summed E-state index contributed by atoms with van der Waals surface area (Å²) < 4.78 is 0.617. The first-order valence-corrected chi connectivity index (χ1v) is 13.7. The van der Waals surface area contributed by atoms with Crippen LogP contribution in [0.4, 0.5) is 0 Å². The Morgan fingerprint density at radius 2 is 0.649 bits per heavy atom. The second-order valence-corrected chi connectivity index (χ2v) is 10.6. The van der Waals surface area contributed by atoms with E-state index in [0.717, 1.165) is 51.9 Å². The second-order valence-electron chi connectivity index (χ2n) is 6.62. The van der Waals surface area contributed by atoms with Crippen molar-refractivity contribution in [2.45, 2.75) is 25.7 Å². The predicted molar refractivity (Wildman–Crippen MR) is 166 cm³/mol. The van der Waals surface area contributed by atoms with Crippen LogP contribution in [-0.2, 0) is 90.9 Å². The molecule has 4 heterocycles. The molecular weight excluding hydrogens is 713 g/mol. The fourth-order valence-corrected chi connectivity index (χ4v) is 3.33. The molecule has 0 amide bonds. The van der Waals surface area contributed by atoms with Gasteiger partial charge in [-0.1, -0.05) is 24.3 Å². The zero-order chi connectivity index (χ0) is 26.8. The molecule has 17 heteroatoms. The molecule has 0 N–H and O–H groups in total. The van der Waals surface area contributed by atoms with Gasteiger partial charge in [0, 0.05) is 24.8 Å². The van der Waals surface area contributed by atoms with Gasteiger partial charge in [-0.2, -0.15) is 0 Å². The summed E-state index contributed by atoms with van der Waals surface area (Å²) in [7, 11) is 0. The topological polar surface area (TPSA) is 49.9 Å². The molecule has 4 rings (SSSR count). The van der Waals surface area contributed by atoms with Gasteiger partial charge in [0.25, 0.3) is 0 Å². The maximum absolute atomic E-state index is 4.90. The Kier molecular flexibility index (Phi) is 21.7. The molecule has 4 aliphatic rings. The van der Waals surface area contributed by atoms with Crippen LogP contribution in [0.5, 0.6) is 0 Å². The summed E-state index contributed by atoms with van der Waals surface area (Å²) in [6, 6.07) is 0. The SMILES string of the molecule is S=C([S-])ON1C=CCC1.S=C([S-])ON1C=CCC1.S=C([S-])ON1C=CCC1.S=C([S-])ON1C=CCC1.[Mo+4]. The monoisotopic (exact) mass is 738 g/mol. The van der Waals surface area contributed by atoms with Gasteiger partial charge in [-0.05, 0) is 25.7 Å². The number of hydrogen-bond acceptors (Lipinski definition) is 16. The molecule has 0 aromatic rings. The van der Waals surface area contributed by atoms with E-state index in [1.807, 2.05) is 49.1 Å². The van der Waals surface area contributed by atoms with E-state index >= 15 is 0 Å². The standard InChI is InChI=1S/4C5H7NOS2.Mo/c4*8-5(9)7-6-3-1-2-4-6;/h4*1,3H,2,4H2,(H,8,9);/q;;;;+4/p-4. The molecule has 0 saturated carbocycles. The minimum atomic E-state index is 0. The maximum atomic E-state index is 4.90. The quantitative estimate of drug-likeness (QED) is 0.238. The van der Waals surface area contributed by atoms with Crippen LogP contribution < -0.4 is 0 Å². The third kappa shape index (κ3) is 20.9. The summed E-state index contributed by atoms with van der Waals surface area (Å²) in [6.45, 7) is 3.43. The molecule has 0 aliphatic carbocycles. The van der Waals surface area contributed by atoms with E-state index in [9.17, 15) is 0 Å². The number of rotatable bonds is 4. The average molecular weight is 737 g/mol. The summed E-state index contributed by atoms with van der Waals surface area (Å²) in [4.78, 5) is 19.6. The van der Waals surface area contributed by atoms with Crippen molar-refractivity contribution in [1.82, 2.24) is 20.3 Å².